The number of ether oxygens (including phenoxy) is 1. The van der Waals surface area contributed by atoms with Crippen LogP contribution in [0.2, 0.25) is 0 Å². The summed E-state index contributed by atoms with van der Waals surface area (Å²) < 4.78 is 5.45. The van der Waals surface area contributed by atoms with Crippen molar-refractivity contribution in [2.75, 3.05) is 13.2 Å². The lowest BCUT2D eigenvalue weighted by Crippen LogP contribution is -2.24. The van der Waals surface area contributed by atoms with Crippen molar-refractivity contribution >= 4 is 23.0 Å². The third-order valence-corrected chi connectivity index (χ3v) is 3.75. The van der Waals surface area contributed by atoms with Gasteiger partial charge in [0.25, 0.3) is 5.91 Å². The van der Waals surface area contributed by atoms with Gasteiger partial charge in [-0.1, -0.05) is 6.07 Å². The molecule has 0 saturated carbocycles. The predicted octanol–water partition coefficient (Wildman–Crippen LogP) is 2.10. The fourth-order valence-corrected chi connectivity index (χ4v) is 2.63. The summed E-state index contributed by atoms with van der Waals surface area (Å²) >= 11 is 1.39. The summed E-state index contributed by atoms with van der Waals surface area (Å²) in [6.45, 7) is 0.915. The first kappa shape index (κ1) is 11.9. The predicted molar refractivity (Wildman–Crippen MR) is 72.0 cm³/mol. The van der Waals surface area contributed by atoms with E-state index in [4.69, 9.17) is 4.74 Å². The highest BCUT2D eigenvalue weighted by molar-refractivity contribution is 7.12. The van der Waals surface area contributed by atoms with Gasteiger partial charge in [0.2, 0.25) is 5.78 Å². The van der Waals surface area contributed by atoms with E-state index in [0.717, 1.165) is 0 Å². The Morgan fingerprint density at radius 2 is 2.21 bits per heavy atom. The molecule has 4 nitrogen and oxygen atoms in total. The minimum Gasteiger partial charge on any atom is -0.491 e. The maximum atomic E-state index is 12.2. The summed E-state index contributed by atoms with van der Waals surface area (Å²) in [5, 5.41) is 4.58. The molecule has 0 bridgehead atoms. The van der Waals surface area contributed by atoms with Crippen LogP contribution in [0.5, 0.6) is 5.75 Å². The Kier molecular flexibility index (Phi) is 3.05. The van der Waals surface area contributed by atoms with Gasteiger partial charge in [-0.25, -0.2) is 0 Å². The molecular weight excluding hydrogens is 262 g/mol. The Balaban J connectivity index is 2.01. The number of benzene rings is 1. The number of hydrogen-bond acceptors (Lipinski definition) is 4. The molecule has 0 radical (unpaired) electrons. The maximum absolute atomic E-state index is 12.2. The fraction of sp³-hybridized carbons (Fsp3) is 0.143. The summed E-state index contributed by atoms with van der Waals surface area (Å²) in [6, 6.07) is 8.57. The van der Waals surface area contributed by atoms with Crippen LogP contribution in [0.15, 0.2) is 35.7 Å². The summed E-state index contributed by atoms with van der Waals surface area (Å²) in [7, 11) is 0. The highest BCUT2D eigenvalue weighted by atomic mass is 32.1. The van der Waals surface area contributed by atoms with Crippen LogP contribution in [-0.4, -0.2) is 24.8 Å². The SMILES string of the molecule is O=C(c1ccc2c(c1)C(=O)NCCO2)c1cccs1. The molecule has 0 fully saturated rings. The fourth-order valence-electron chi connectivity index (χ4n) is 1.95. The van der Waals surface area contributed by atoms with Gasteiger partial charge in [0.05, 0.1) is 17.0 Å². The van der Waals surface area contributed by atoms with Crippen molar-refractivity contribution in [2.24, 2.45) is 0 Å². The van der Waals surface area contributed by atoms with E-state index in [9.17, 15) is 9.59 Å². The minimum absolute atomic E-state index is 0.0742. The largest absolute Gasteiger partial charge is 0.491 e. The molecule has 0 aliphatic carbocycles. The summed E-state index contributed by atoms with van der Waals surface area (Å²) in [4.78, 5) is 24.8. The third kappa shape index (κ3) is 2.24. The number of rotatable bonds is 2. The van der Waals surface area contributed by atoms with E-state index in [0.29, 0.717) is 34.9 Å². The van der Waals surface area contributed by atoms with Crippen LogP contribution in [0.1, 0.15) is 25.6 Å². The molecular formula is C14H11NO3S. The van der Waals surface area contributed by atoms with E-state index < -0.39 is 0 Å². The first-order chi connectivity index (χ1) is 9.25. The molecule has 96 valence electrons. The molecule has 5 heteroatoms. The Morgan fingerprint density at radius 1 is 1.32 bits per heavy atom. The number of ketones is 1. The van der Waals surface area contributed by atoms with Crippen molar-refractivity contribution in [1.82, 2.24) is 5.32 Å². The lowest BCUT2D eigenvalue weighted by Gasteiger charge is -2.06. The summed E-state index contributed by atoms with van der Waals surface area (Å²) in [6.07, 6.45) is 0. The molecule has 0 saturated heterocycles. The second-order valence-corrected chi connectivity index (χ2v) is 5.07. The van der Waals surface area contributed by atoms with Crippen molar-refractivity contribution < 1.29 is 14.3 Å². The number of carbonyl (C=O) groups excluding carboxylic acids is 2. The standard InChI is InChI=1S/C14H11NO3S/c16-13(12-2-1-7-19-12)9-3-4-11-10(8-9)14(17)15-5-6-18-11/h1-4,7-8H,5-6H2,(H,15,17). The summed E-state index contributed by atoms with van der Waals surface area (Å²) in [5.41, 5.74) is 0.918. The molecule has 1 aliphatic heterocycles. The molecule has 0 atom stereocenters. The average molecular weight is 273 g/mol. The average Bonchev–Trinajstić information content (AvgIpc) is 2.90. The monoisotopic (exact) mass is 273 g/mol. The first-order valence-corrected chi connectivity index (χ1v) is 6.77. The maximum Gasteiger partial charge on any atom is 0.255 e. The molecule has 0 spiro atoms. The lowest BCUT2D eigenvalue weighted by molar-refractivity contribution is 0.0957. The van der Waals surface area contributed by atoms with Gasteiger partial charge in [-0.15, -0.1) is 11.3 Å². The number of amides is 1. The van der Waals surface area contributed by atoms with Crippen LogP contribution in [0, 0.1) is 0 Å². The van der Waals surface area contributed by atoms with Crippen molar-refractivity contribution in [3.8, 4) is 5.75 Å². The molecule has 1 aliphatic rings. The van der Waals surface area contributed by atoms with E-state index >= 15 is 0 Å². The van der Waals surface area contributed by atoms with Crippen molar-refractivity contribution in [3.63, 3.8) is 0 Å². The number of nitrogens with one attached hydrogen (secondary N) is 1. The van der Waals surface area contributed by atoms with E-state index in [1.165, 1.54) is 11.3 Å². The molecule has 1 aromatic carbocycles. The van der Waals surface area contributed by atoms with Crippen LogP contribution in [0.3, 0.4) is 0 Å². The normalized spacial score (nSPS) is 14.0. The zero-order valence-electron chi connectivity index (χ0n) is 10.0. The van der Waals surface area contributed by atoms with Crippen molar-refractivity contribution in [1.29, 1.82) is 0 Å². The van der Waals surface area contributed by atoms with Crippen molar-refractivity contribution in [3.05, 3.63) is 51.7 Å². The highest BCUT2D eigenvalue weighted by Gasteiger charge is 2.19. The quantitative estimate of drug-likeness (QED) is 0.853. The number of hydrogen-bond donors (Lipinski definition) is 1. The van der Waals surface area contributed by atoms with Crippen LogP contribution in [0.25, 0.3) is 0 Å². The van der Waals surface area contributed by atoms with E-state index in [1.807, 2.05) is 11.4 Å². The van der Waals surface area contributed by atoms with Crippen LogP contribution in [0.4, 0.5) is 0 Å². The van der Waals surface area contributed by atoms with Gasteiger partial charge in [-0.2, -0.15) is 0 Å². The Hall–Kier alpha value is -2.14. The zero-order valence-corrected chi connectivity index (χ0v) is 10.8. The zero-order chi connectivity index (χ0) is 13.2. The molecule has 1 N–H and O–H groups in total. The van der Waals surface area contributed by atoms with E-state index in [1.54, 1.807) is 24.3 Å². The molecule has 1 aromatic heterocycles. The summed E-state index contributed by atoms with van der Waals surface area (Å²) in [5.74, 6) is 0.251. The van der Waals surface area contributed by atoms with Gasteiger partial charge in [0.1, 0.15) is 12.4 Å². The van der Waals surface area contributed by atoms with Gasteiger partial charge in [-0.05, 0) is 29.6 Å². The number of carbonyl (C=O) groups is 2. The Bertz CT molecular complexity index is 634. The smallest absolute Gasteiger partial charge is 0.255 e. The van der Waals surface area contributed by atoms with Crippen LogP contribution < -0.4 is 10.1 Å². The first-order valence-electron chi connectivity index (χ1n) is 5.89. The van der Waals surface area contributed by atoms with Crippen LogP contribution >= 0.6 is 11.3 Å². The van der Waals surface area contributed by atoms with E-state index in [2.05, 4.69) is 5.32 Å². The number of thiophene rings is 1. The molecule has 2 aromatic rings. The second kappa shape index (κ2) is 4.85. The molecule has 3 rings (SSSR count). The molecule has 1 amide bonds. The Morgan fingerprint density at radius 3 is 3.00 bits per heavy atom. The van der Waals surface area contributed by atoms with Gasteiger partial charge >= 0.3 is 0 Å². The Labute approximate surface area is 114 Å². The van der Waals surface area contributed by atoms with Gasteiger partial charge < -0.3 is 10.1 Å². The minimum atomic E-state index is -0.201. The highest BCUT2D eigenvalue weighted by Crippen LogP contribution is 2.24. The number of fused-ring (bicyclic) bond motifs is 1. The topological polar surface area (TPSA) is 55.4 Å². The van der Waals surface area contributed by atoms with Gasteiger partial charge in [0, 0.05) is 5.56 Å². The molecule has 2 heterocycles. The molecule has 19 heavy (non-hydrogen) atoms. The van der Waals surface area contributed by atoms with Gasteiger partial charge in [-0.3, -0.25) is 9.59 Å². The molecule has 0 unspecified atom stereocenters. The van der Waals surface area contributed by atoms with Crippen molar-refractivity contribution in [2.45, 2.75) is 0 Å². The second-order valence-electron chi connectivity index (χ2n) is 4.12. The lowest BCUT2D eigenvalue weighted by atomic mass is 10.0. The van der Waals surface area contributed by atoms with E-state index in [-0.39, 0.29) is 11.7 Å². The third-order valence-electron chi connectivity index (χ3n) is 2.88. The van der Waals surface area contributed by atoms with Gasteiger partial charge in [0.15, 0.2) is 0 Å². The van der Waals surface area contributed by atoms with Crippen LogP contribution in [-0.2, 0) is 0 Å².